The zero-order valence-corrected chi connectivity index (χ0v) is 12.2. The number of nitrogens with one attached hydrogen (secondary N) is 2. The average molecular weight is 285 g/mol. The first-order valence-corrected chi connectivity index (χ1v) is 6.73. The number of hydrogen-bond acceptors (Lipinski definition) is 3. The lowest BCUT2D eigenvalue weighted by Gasteiger charge is -2.40. The normalized spacial score (nSPS) is 17.6. The van der Waals surface area contributed by atoms with E-state index in [1.54, 1.807) is 21.0 Å². The first kappa shape index (κ1) is 16.3. The van der Waals surface area contributed by atoms with Gasteiger partial charge in [-0.05, 0) is 25.2 Å². The van der Waals surface area contributed by atoms with Crippen LogP contribution in [-0.4, -0.2) is 54.6 Å². The average Bonchev–Trinajstić information content (AvgIpc) is 2.30. The molecule has 0 saturated heterocycles. The summed E-state index contributed by atoms with van der Waals surface area (Å²) < 4.78 is 0. The maximum absolute atomic E-state index is 11.7. The number of amides is 3. The van der Waals surface area contributed by atoms with Gasteiger partial charge in [-0.25, -0.2) is 4.79 Å². The number of urea groups is 1. The summed E-state index contributed by atoms with van der Waals surface area (Å²) in [7, 11) is 3.24. The van der Waals surface area contributed by atoms with Gasteiger partial charge in [-0.15, -0.1) is 0 Å². The lowest BCUT2D eigenvalue weighted by Crippen LogP contribution is -2.51. The molecule has 1 fully saturated rings. The summed E-state index contributed by atoms with van der Waals surface area (Å²) in [5.41, 5.74) is -0.321. The summed E-state index contributed by atoms with van der Waals surface area (Å²) in [6.07, 6.45) is 2.68. The monoisotopic (exact) mass is 285 g/mol. The maximum Gasteiger partial charge on any atom is 0.315 e. The molecule has 0 aliphatic heterocycles. The van der Waals surface area contributed by atoms with Crippen LogP contribution in [0.15, 0.2) is 0 Å². The molecule has 114 valence electrons. The third kappa shape index (κ3) is 4.40. The lowest BCUT2D eigenvalue weighted by atomic mass is 9.66. The van der Waals surface area contributed by atoms with Gasteiger partial charge in [0.05, 0.1) is 6.42 Å². The molecule has 1 rings (SSSR count). The SMILES string of the molecule is CC(NC(=O)NCC1(CC(=O)O)CCC1)C(=O)N(C)C. The van der Waals surface area contributed by atoms with Crippen LogP contribution in [0.4, 0.5) is 4.79 Å². The predicted molar refractivity (Wildman–Crippen MR) is 73.2 cm³/mol. The fraction of sp³-hybridized carbons (Fsp3) is 0.769. The predicted octanol–water partition coefficient (Wildman–Crippen LogP) is 0.407. The number of carbonyl (C=O) groups excluding carboxylic acids is 2. The quantitative estimate of drug-likeness (QED) is 0.658. The molecule has 0 spiro atoms. The van der Waals surface area contributed by atoms with Gasteiger partial charge in [0, 0.05) is 20.6 Å². The van der Waals surface area contributed by atoms with E-state index in [2.05, 4.69) is 10.6 Å². The van der Waals surface area contributed by atoms with E-state index in [1.165, 1.54) is 4.90 Å². The largest absolute Gasteiger partial charge is 0.481 e. The Morgan fingerprint density at radius 2 is 1.90 bits per heavy atom. The topological polar surface area (TPSA) is 98.7 Å². The summed E-state index contributed by atoms with van der Waals surface area (Å²) in [5, 5.41) is 14.1. The standard InChI is InChI=1S/C13H23N3O4/c1-9(11(19)16(2)3)15-12(20)14-8-13(5-4-6-13)7-10(17)18/h9H,4-8H2,1-3H3,(H,17,18)(H2,14,15,20). The van der Waals surface area contributed by atoms with E-state index >= 15 is 0 Å². The Hall–Kier alpha value is -1.79. The second kappa shape index (κ2) is 6.58. The van der Waals surface area contributed by atoms with Gasteiger partial charge in [0.25, 0.3) is 0 Å². The van der Waals surface area contributed by atoms with Gasteiger partial charge in [0.1, 0.15) is 6.04 Å². The van der Waals surface area contributed by atoms with Crippen molar-refractivity contribution < 1.29 is 19.5 Å². The molecule has 1 saturated carbocycles. The Labute approximate surface area is 118 Å². The molecule has 3 N–H and O–H groups in total. The van der Waals surface area contributed by atoms with Gasteiger partial charge < -0.3 is 20.6 Å². The second-order valence-corrected chi connectivity index (χ2v) is 5.71. The number of rotatable bonds is 6. The molecule has 1 atom stereocenters. The second-order valence-electron chi connectivity index (χ2n) is 5.71. The molecule has 0 radical (unpaired) electrons. The maximum atomic E-state index is 11.7. The number of likely N-dealkylation sites (N-methyl/N-ethyl adjacent to an activating group) is 1. The highest BCUT2D eigenvalue weighted by atomic mass is 16.4. The highest BCUT2D eigenvalue weighted by molar-refractivity contribution is 5.86. The van der Waals surface area contributed by atoms with Crippen LogP contribution in [-0.2, 0) is 9.59 Å². The molecular weight excluding hydrogens is 262 g/mol. The van der Waals surface area contributed by atoms with E-state index in [-0.39, 0.29) is 17.7 Å². The first-order chi connectivity index (χ1) is 9.26. The summed E-state index contributed by atoms with van der Waals surface area (Å²) in [6, 6.07) is -1.05. The van der Waals surface area contributed by atoms with Gasteiger partial charge in [0.15, 0.2) is 0 Å². The molecule has 20 heavy (non-hydrogen) atoms. The number of carboxylic acid groups (broad SMARTS) is 1. The van der Waals surface area contributed by atoms with Crippen molar-refractivity contribution >= 4 is 17.9 Å². The minimum atomic E-state index is -0.844. The number of aliphatic carboxylic acids is 1. The zero-order valence-electron chi connectivity index (χ0n) is 12.2. The molecule has 7 heteroatoms. The summed E-state index contributed by atoms with van der Waals surface area (Å²) >= 11 is 0. The smallest absolute Gasteiger partial charge is 0.315 e. The number of nitrogens with zero attached hydrogens (tertiary/aromatic N) is 1. The van der Waals surface area contributed by atoms with Crippen LogP contribution in [0, 0.1) is 5.41 Å². The van der Waals surface area contributed by atoms with Crippen LogP contribution in [0.2, 0.25) is 0 Å². The van der Waals surface area contributed by atoms with Crippen LogP contribution in [0.1, 0.15) is 32.6 Å². The number of carbonyl (C=O) groups is 3. The highest BCUT2D eigenvalue weighted by Crippen LogP contribution is 2.43. The zero-order chi connectivity index (χ0) is 15.3. The molecule has 0 aromatic rings. The van der Waals surface area contributed by atoms with Crippen molar-refractivity contribution in [1.29, 1.82) is 0 Å². The van der Waals surface area contributed by atoms with Gasteiger partial charge in [-0.1, -0.05) is 6.42 Å². The van der Waals surface area contributed by atoms with Crippen molar-refractivity contribution in [2.45, 2.75) is 38.6 Å². The third-order valence-electron chi connectivity index (χ3n) is 3.72. The lowest BCUT2D eigenvalue weighted by molar-refractivity contribution is -0.141. The first-order valence-electron chi connectivity index (χ1n) is 6.73. The van der Waals surface area contributed by atoms with Crippen molar-refractivity contribution in [3.05, 3.63) is 0 Å². The van der Waals surface area contributed by atoms with Crippen molar-refractivity contribution in [3.63, 3.8) is 0 Å². The minimum Gasteiger partial charge on any atom is -0.481 e. The van der Waals surface area contributed by atoms with E-state index in [1.807, 2.05) is 0 Å². The molecule has 1 aliphatic carbocycles. The highest BCUT2D eigenvalue weighted by Gasteiger charge is 2.39. The third-order valence-corrected chi connectivity index (χ3v) is 3.72. The van der Waals surface area contributed by atoms with Crippen molar-refractivity contribution in [2.75, 3.05) is 20.6 Å². The molecule has 1 aliphatic rings. The summed E-state index contributed by atoms with van der Waals surface area (Å²) in [5.74, 6) is -1.04. The van der Waals surface area contributed by atoms with Gasteiger partial charge in [0.2, 0.25) is 5.91 Å². The molecule has 7 nitrogen and oxygen atoms in total. The van der Waals surface area contributed by atoms with Crippen LogP contribution in [0.3, 0.4) is 0 Å². The van der Waals surface area contributed by atoms with Crippen molar-refractivity contribution in [2.24, 2.45) is 5.41 Å². The van der Waals surface area contributed by atoms with Crippen molar-refractivity contribution in [1.82, 2.24) is 15.5 Å². The van der Waals surface area contributed by atoms with E-state index in [9.17, 15) is 14.4 Å². The van der Waals surface area contributed by atoms with E-state index < -0.39 is 18.0 Å². The Morgan fingerprint density at radius 1 is 1.30 bits per heavy atom. The molecule has 0 heterocycles. The van der Waals surface area contributed by atoms with Gasteiger partial charge >= 0.3 is 12.0 Å². The Kier molecular flexibility index (Phi) is 5.35. The van der Waals surface area contributed by atoms with E-state index in [0.717, 1.165) is 19.3 Å². The fourth-order valence-corrected chi connectivity index (χ4v) is 2.38. The molecular formula is C13H23N3O4. The summed E-state index contributed by atoms with van der Waals surface area (Å²) in [6.45, 7) is 1.94. The fourth-order valence-electron chi connectivity index (χ4n) is 2.38. The van der Waals surface area contributed by atoms with Crippen LogP contribution < -0.4 is 10.6 Å². The van der Waals surface area contributed by atoms with Gasteiger partial charge in [-0.2, -0.15) is 0 Å². The molecule has 0 bridgehead atoms. The van der Waals surface area contributed by atoms with Crippen LogP contribution in [0.5, 0.6) is 0 Å². The molecule has 0 aromatic carbocycles. The molecule has 3 amide bonds. The number of carboxylic acids is 1. The Balaban J connectivity index is 2.39. The minimum absolute atomic E-state index is 0.0689. The molecule has 1 unspecified atom stereocenters. The van der Waals surface area contributed by atoms with Crippen LogP contribution >= 0.6 is 0 Å². The number of hydrogen-bond donors (Lipinski definition) is 3. The van der Waals surface area contributed by atoms with E-state index in [0.29, 0.717) is 6.54 Å². The van der Waals surface area contributed by atoms with Gasteiger partial charge in [-0.3, -0.25) is 9.59 Å². The van der Waals surface area contributed by atoms with Crippen molar-refractivity contribution in [3.8, 4) is 0 Å². The Bertz CT molecular complexity index is 391. The van der Waals surface area contributed by atoms with Crippen LogP contribution in [0.25, 0.3) is 0 Å². The summed E-state index contributed by atoms with van der Waals surface area (Å²) in [4.78, 5) is 35.5. The van der Waals surface area contributed by atoms with E-state index in [4.69, 9.17) is 5.11 Å². The Morgan fingerprint density at radius 3 is 2.30 bits per heavy atom. The molecule has 0 aromatic heterocycles.